The van der Waals surface area contributed by atoms with Crippen molar-refractivity contribution < 1.29 is 31.1 Å². The van der Waals surface area contributed by atoms with E-state index in [-0.39, 0.29) is 47.6 Å². The largest absolute Gasteiger partial charge is 0.433 e. The Morgan fingerprint density at radius 2 is 1.84 bits per heavy atom. The highest BCUT2D eigenvalue weighted by Crippen LogP contribution is 2.36. The summed E-state index contributed by atoms with van der Waals surface area (Å²) >= 11 is 0.837. The monoisotopic (exact) mass is 486 g/mol. The zero-order valence-corrected chi connectivity index (χ0v) is 17.3. The van der Waals surface area contributed by atoms with Gasteiger partial charge in [0.05, 0.1) is 24.1 Å². The topological polar surface area (TPSA) is 66.0 Å². The molecule has 2 heterocycles. The van der Waals surface area contributed by atoms with E-state index in [9.17, 15) is 26.3 Å². The first-order valence-electron chi connectivity index (χ1n) is 8.66. The van der Waals surface area contributed by atoms with Crippen molar-refractivity contribution in [3.63, 3.8) is 0 Å². The van der Waals surface area contributed by atoms with Crippen molar-refractivity contribution in [3.8, 4) is 16.4 Å². The second-order valence-electron chi connectivity index (χ2n) is 6.22. The van der Waals surface area contributed by atoms with Gasteiger partial charge in [-0.3, -0.25) is 0 Å². The molecular weight excluding hydrogens is 470 g/mol. The number of ether oxygens (including phenoxy) is 1. The zero-order valence-electron chi connectivity index (χ0n) is 15.7. The number of halogens is 7. The first-order chi connectivity index (χ1) is 14.1. The van der Waals surface area contributed by atoms with Crippen molar-refractivity contribution in [3.05, 3.63) is 52.7 Å². The van der Waals surface area contributed by atoms with Crippen molar-refractivity contribution >= 4 is 23.7 Å². The molecule has 5 nitrogen and oxygen atoms in total. The van der Waals surface area contributed by atoms with Crippen LogP contribution in [0.5, 0.6) is 0 Å². The molecule has 2 N–H and O–H groups in total. The number of thiazole rings is 1. The van der Waals surface area contributed by atoms with Gasteiger partial charge >= 0.3 is 12.4 Å². The van der Waals surface area contributed by atoms with E-state index in [2.05, 4.69) is 10.1 Å². The molecule has 0 bridgehead atoms. The summed E-state index contributed by atoms with van der Waals surface area (Å²) in [6.07, 6.45) is -7.73. The van der Waals surface area contributed by atoms with Crippen molar-refractivity contribution in [1.29, 1.82) is 0 Å². The molecule has 31 heavy (non-hydrogen) atoms. The molecule has 0 aliphatic rings. The molecule has 0 atom stereocenters. The van der Waals surface area contributed by atoms with Gasteiger partial charge in [-0.2, -0.15) is 31.4 Å². The minimum absolute atomic E-state index is 0. The number of hydrogen-bond donors (Lipinski definition) is 1. The van der Waals surface area contributed by atoms with E-state index < -0.39 is 23.6 Å². The molecule has 0 spiro atoms. The van der Waals surface area contributed by atoms with E-state index in [0.717, 1.165) is 29.7 Å². The van der Waals surface area contributed by atoms with E-state index in [4.69, 9.17) is 10.5 Å². The van der Waals surface area contributed by atoms with Gasteiger partial charge in [0.1, 0.15) is 0 Å². The van der Waals surface area contributed by atoms with Gasteiger partial charge in [0, 0.05) is 23.1 Å². The number of rotatable bonds is 7. The molecule has 0 unspecified atom stereocenters. The maximum Gasteiger partial charge on any atom is 0.433 e. The molecule has 13 heteroatoms. The van der Waals surface area contributed by atoms with Crippen LogP contribution in [0.4, 0.5) is 26.3 Å². The van der Waals surface area contributed by atoms with E-state index in [1.807, 2.05) is 0 Å². The molecule has 3 rings (SSSR count). The van der Waals surface area contributed by atoms with Crippen LogP contribution in [-0.2, 0) is 23.7 Å². The maximum absolute atomic E-state index is 13.6. The summed E-state index contributed by atoms with van der Waals surface area (Å²) in [5, 5.41) is 5.03. The lowest BCUT2D eigenvalue weighted by Crippen LogP contribution is -2.16. The van der Waals surface area contributed by atoms with E-state index in [0.29, 0.717) is 17.6 Å². The van der Waals surface area contributed by atoms with Crippen molar-refractivity contribution in [2.24, 2.45) is 5.73 Å². The Kier molecular flexibility index (Phi) is 8.09. The van der Waals surface area contributed by atoms with E-state index >= 15 is 0 Å². The molecule has 0 aliphatic carbocycles. The average molecular weight is 487 g/mol. The molecular formula is C18H17ClF6N4OS. The second kappa shape index (κ2) is 9.98. The van der Waals surface area contributed by atoms with Crippen LogP contribution in [-0.4, -0.2) is 27.9 Å². The number of nitrogens with two attached hydrogens (primary N) is 1. The summed E-state index contributed by atoms with van der Waals surface area (Å²) in [6, 6.07) is 4.41. The summed E-state index contributed by atoms with van der Waals surface area (Å²) < 4.78 is 85.5. The van der Waals surface area contributed by atoms with Gasteiger partial charge in [-0.25, -0.2) is 9.67 Å². The Bertz CT molecular complexity index is 1000. The number of aromatic nitrogens is 3. The molecule has 0 amide bonds. The predicted molar refractivity (Wildman–Crippen MR) is 105 cm³/mol. The van der Waals surface area contributed by atoms with Crippen LogP contribution in [0.15, 0.2) is 35.8 Å². The summed E-state index contributed by atoms with van der Waals surface area (Å²) in [4.78, 5) is 4.07. The van der Waals surface area contributed by atoms with Gasteiger partial charge in [-0.1, -0.05) is 12.1 Å². The van der Waals surface area contributed by atoms with E-state index in [1.165, 1.54) is 17.5 Å². The first kappa shape index (κ1) is 25.1. The highest BCUT2D eigenvalue weighted by Gasteiger charge is 2.39. The Morgan fingerprint density at radius 3 is 2.48 bits per heavy atom. The SMILES string of the molecule is Cl.NCCCOCc1cnn(-c2nc(-c3cccc(C(F)(F)F)c3)cs2)c1C(F)(F)F. The normalized spacial score (nSPS) is 12.1. The van der Waals surface area contributed by atoms with Gasteiger partial charge in [0.25, 0.3) is 0 Å². The van der Waals surface area contributed by atoms with Crippen LogP contribution in [0.3, 0.4) is 0 Å². The summed E-state index contributed by atoms with van der Waals surface area (Å²) in [5.41, 5.74) is 3.49. The van der Waals surface area contributed by atoms with Gasteiger partial charge in [0.2, 0.25) is 5.13 Å². The predicted octanol–water partition coefficient (Wildman–Crippen LogP) is 5.32. The molecule has 1 aromatic carbocycles. The zero-order chi connectivity index (χ0) is 21.9. The lowest BCUT2D eigenvalue weighted by atomic mass is 10.1. The minimum Gasteiger partial charge on any atom is -0.377 e. The average Bonchev–Trinajstić information content (AvgIpc) is 3.31. The van der Waals surface area contributed by atoms with Crippen LogP contribution in [0.25, 0.3) is 16.4 Å². The highest BCUT2D eigenvalue weighted by atomic mass is 35.5. The lowest BCUT2D eigenvalue weighted by molar-refractivity contribution is -0.144. The molecule has 3 aromatic rings. The summed E-state index contributed by atoms with van der Waals surface area (Å²) in [5.74, 6) is 0. The fraction of sp³-hybridized carbons (Fsp3) is 0.333. The standard InChI is InChI=1S/C18H16F6N4OS.ClH/c19-17(20,21)13-4-1-3-11(7-13)14-10-30-16(27-14)28-15(18(22,23)24)12(8-26-28)9-29-6-2-5-25;/h1,3-4,7-8,10H,2,5-6,9,25H2;1H. The minimum atomic E-state index is -4.73. The third-order valence-corrected chi connectivity index (χ3v) is 4.84. The quantitative estimate of drug-likeness (QED) is 0.362. The first-order valence-corrected chi connectivity index (χ1v) is 9.54. The fourth-order valence-corrected chi connectivity index (χ4v) is 3.45. The number of alkyl halides is 6. The second-order valence-corrected chi connectivity index (χ2v) is 7.05. The number of nitrogens with zero attached hydrogens (tertiary/aromatic N) is 3. The Morgan fingerprint density at radius 1 is 1.10 bits per heavy atom. The Hall–Kier alpha value is -2.15. The molecule has 0 fully saturated rings. The smallest absolute Gasteiger partial charge is 0.377 e. The van der Waals surface area contributed by atoms with Crippen LogP contribution in [0, 0.1) is 0 Å². The molecule has 0 saturated heterocycles. The third kappa shape index (κ3) is 5.97. The van der Waals surface area contributed by atoms with Crippen molar-refractivity contribution in [2.45, 2.75) is 25.4 Å². The maximum atomic E-state index is 13.6. The summed E-state index contributed by atoms with van der Waals surface area (Å²) in [6.45, 7) is 0.249. The number of hydrogen-bond acceptors (Lipinski definition) is 5. The van der Waals surface area contributed by atoms with Crippen molar-refractivity contribution in [2.75, 3.05) is 13.2 Å². The highest BCUT2D eigenvalue weighted by molar-refractivity contribution is 7.12. The number of benzene rings is 1. The molecule has 0 radical (unpaired) electrons. The van der Waals surface area contributed by atoms with Crippen LogP contribution in [0.1, 0.15) is 23.2 Å². The molecule has 0 aliphatic heterocycles. The van der Waals surface area contributed by atoms with Crippen LogP contribution >= 0.6 is 23.7 Å². The Balaban J connectivity index is 0.00000341. The fourth-order valence-electron chi connectivity index (χ4n) is 2.65. The van der Waals surface area contributed by atoms with Crippen molar-refractivity contribution in [1.82, 2.24) is 14.8 Å². The molecule has 2 aromatic heterocycles. The summed E-state index contributed by atoms with van der Waals surface area (Å²) in [7, 11) is 0. The van der Waals surface area contributed by atoms with Gasteiger partial charge < -0.3 is 10.5 Å². The molecule has 0 saturated carbocycles. The van der Waals surface area contributed by atoms with Gasteiger partial charge in [-0.05, 0) is 25.1 Å². The third-order valence-electron chi connectivity index (χ3n) is 4.02. The van der Waals surface area contributed by atoms with E-state index in [1.54, 1.807) is 0 Å². The lowest BCUT2D eigenvalue weighted by Gasteiger charge is -2.11. The molecule has 170 valence electrons. The van der Waals surface area contributed by atoms with Crippen LogP contribution < -0.4 is 5.73 Å². The van der Waals surface area contributed by atoms with Gasteiger partial charge in [-0.15, -0.1) is 23.7 Å². The Labute approximate surface area is 183 Å². The van der Waals surface area contributed by atoms with Gasteiger partial charge in [0.15, 0.2) is 5.69 Å². The van der Waals surface area contributed by atoms with Crippen LogP contribution in [0.2, 0.25) is 0 Å².